The maximum Gasteiger partial charge on any atom is 0.255 e. The van der Waals surface area contributed by atoms with Gasteiger partial charge in [0, 0.05) is 43.6 Å². The topological polar surface area (TPSA) is 62.6 Å². The van der Waals surface area contributed by atoms with Crippen LogP contribution < -0.4 is 0 Å². The van der Waals surface area contributed by atoms with E-state index in [-0.39, 0.29) is 5.91 Å². The minimum absolute atomic E-state index is 0.0122. The van der Waals surface area contributed by atoms with Crippen molar-refractivity contribution >= 4 is 27.3 Å². The van der Waals surface area contributed by atoms with Crippen LogP contribution in [-0.2, 0) is 10.0 Å². The molecule has 140 valence electrons. The summed E-state index contributed by atoms with van der Waals surface area (Å²) in [5.41, 5.74) is 2.92. The Labute approximate surface area is 158 Å². The molecule has 1 aliphatic heterocycles. The summed E-state index contributed by atoms with van der Waals surface area (Å²) in [5.74, 6) is 0.0122. The lowest BCUT2D eigenvalue weighted by atomic mass is 10.2. The molecule has 1 saturated heterocycles. The first kappa shape index (κ1) is 17.8. The van der Waals surface area contributed by atoms with E-state index in [1.54, 1.807) is 22.4 Å². The molecular weight excluding hydrogens is 370 g/mol. The van der Waals surface area contributed by atoms with Gasteiger partial charge in [-0.25, -0.2) is 8.42 Å². The molecule has 0 aromatic carbocycles. The molecule has 1 aliphatic carbocycles. The van der Waals surface area contributed by atoms with Crippen LogP contribution in [0.1, 0.15) is 40.6 Å². The van der Waals surface area contributed by atoms with Crippen LogP contribution >= 0.6 is 11.3 Å². The van der Waals surface area contributed by atoms with E-state index in [1.165, 1.54) is 28.5 Å². The first-order valence-electron chi connectivity index (χ1n) is 8.91. The molecule has 0 atom stereocenters. The van der Waals surface area contributed by atoms with Crippen molar-refractivity contribution in [2.75, 3.05) is 26.2 Å². The minimum atomic E-state index is -3.44. The molecule has 4 rings (SSSR count). The number of aromatic nitrogens is 1. The number of carbonyl (C=O) groups is 1. The molecule has 2 fully saturated rings. The van der Waals surface area contributed by atoms with Crippen LogP contribution in [-0.4, -0.2) is 54.3 Å². The van der Waals surface area contributed by atoms with Gasteiger partial charge < -0.3 is 9.47 Å². The summed E-state index contributed by atoms with van der Waals surface area (Å²) in [7, 11) is -3.44. The van der Waals surface area contributed by atoms with Gasteiger partial charge in [-0.2, -0.15) is 4.31 Å². The number of carbonyl (C=O) groups excluding carboxylic acids is 1. The summed E-state index contributed by atoms with van der Waals surface area (Å²) in [5, 5.41) is 1.77. The lowest BCUT2D eigenvalue weighted by molar-refractivity contribution is 0.0697. The summed E-state index contributed by atoms with van der Waals surface area (Å²) >= 11 is 1.23. The number of piperazine rings is 1. The van der Waals surface area contributed by atoms with Crippen molar-refractivity contribution in [3.63, 3.8) is 0 Å². The Morgan fingerprint density at radius 1 is 1.15 bits per heavy atom. The highest BCUT2D eigenvalue weighted by Gasteiger charge is 2.33. The van der Waals surface area contributed by atoms with E-state index in [0.717, 1.165) is 17.0 Å². The number of aryl methyl sites for hydroxylation is 1. The molecule has 0 spiro atoms. The molecular formula is C18H23N3O3S2. The Morgan fingerprint density at radius 2 is 1.85 bits per heavy atom. The average molecular weight is 394 g/mol. The molecule has 1 amide bonds. The zero-order valence-corrected chi connectivity index (χ0v) is 16.6. The Balaban J connectivity index is 1.47. The van der Waals surface area contributed by atoms with Gasteiger partial charge in [0.15, 0.2) is 0 Å². The second-order valence-electron chi connectivity index (χ2n) is 7.01. The molecule has 2 aliphatic rings. The van der Waals surface area contributed by atoms with E-state index in [0.29, 0.717) is 36.4 Å². The lowest BCUT2D eigenvalue weighted by Crippen LogP contribution is -2.50. The number of nitrogens with zero attached hydrogens (tertiary/aromatic N) is 3. The number of hydrogen-bond acceptors (Lipinski definition) is 4. The van der Waals surface area contributed by atoms with Crippen molar-refractivity contribution in [2.45, 2.75) is 36.9 Å². The van der Waals surface area contributed by atoms with Crippen molar-refractivity contribution in [3.05, 3.63) is 40.5 Å². The fourth-order valence-corrected chi connectivity index (χ4v) is 6.29. The van der Waals surface area contributed by atoms with Gasteiger partial charge >= 0.3 is 0 Å². The van der Waals surface area contributed by atoms with Crippen molar-refractivity contribution in [1.29, 1.82) is 0 Å². The van der Waals surface area contributed by atoms with Crippen molar-refractivity contribution in [1.82, 2.24) is 13.8 Å². The highest BCUT2D eigenvalue weighted by Crippen LogP contribution is 2.38. The molecule has 6 nitrogen and oxygen atoms in total. The normalized spacial score (nSPS) is 19.1. The van der Waals surface area contributed by atoms with Gasteiger partial charge in [0.25, 0.3) is 15.9 Å². The van der Waals surface area contributed by atoms with Gasteiger partial charge in [0.2, 0.25) is 0 Å². The molecule has 3 heterocycles. The molecule has 0 unspecified atom stereocenters. The molecule has 26 heavy (non-hydrogen) atoms. The van der Waals surface area contributed by atoms with Crippen LogP contribution in [0.5, 0.6) is 0 Å². The number of sulfonamides is 1. The van der Waals surface area contributed by atoms with Gasteiger partial charge in [-0.1, -0.05) is 6.07 Å². The zero-order chi connectivity index (χ0) is 18.5. The van der Waals surface area contributed by atoms with Crippen LogP contribution in [0.15, 0.2) is 27.8 Å². The minimum Gasteiger partial charge on any atom is -0.345 e. The van der Waals surface area contributed by atoms with Crippen LogP contribution in [0, 0.1) is 13.8 Å². The second-order valence-corrected chi connectivity index (χ2v) is 10.1. The summed E-state index contributed by atoms with van der Waals surface area (Å²) in [6.45, 7) is 5.59. The van der Waals surface area contributed by atoms with Crippen LogP contribution in [0.25, 0.3) is 0 Å². The van der Waals surface area contributed by atoms with Gasteiger partial charge in [-0.15, -0.1) is 11.3 Å². The highest BCUT2D eigenvalue weighted by molar-refractivity contribution is 7.91. The van der Waals surface area contributed by atoms with E-state index in [1.807, 2.05) is 19.9 Å². The molecule has 8 heteroatoms. The summed E-state index contributed by atoms with van der Waals surface area (Å²) < 4.78 is 29.3. The molecule has 1 saturated carbocycles. The van der Waals surface area contributed by atoms with E-state index < -0.39 is 10.0 Å². The van der Waals surface area contributed by atoms with E-state index in [4.69, 9.17) is 0 Å². The predicted octanol–water partition coefficient (Wildman–Crippen LogP) is 2.65. The highest BCUT2D eigenvalue weighted by atomic mass is 32.2. The number of thiophene rings is 1. The fraction of sp³-hybridized carbons (Fsp3) is 0.500. The average Bonchev–Trinajstić information content (AvgIpc) is 3.19. The van der Waals surface area contributed by atoms with Gasteiger partial charge in [0.05, 0.1) is 5.56 Å². The first-order valence-corrected chi connectivity index (χ1v) is 11.2. The third-order valence-electron chi connectivity index (χ3n) is 5.24. The molecule has 0 radical (unpaired) electrons. The second kappa shape index (κ2) is 6.51. The quantitative estimate of drug-likeness (QED) is 0.802. The van der Waals surface area contributed by atoms with E-state index in [2.05, 4.69) is 4.57 Å². The lowest BCUT2D eigenvalue weighted by Gasteiger charge is -2.33. The van der Waals surface area contributed by atoms with Crippen molar-refractivity contribution in [3.8, 4) is 0 Å². The van der Waals surface area contributed by atoms with Gasteiger partial charge in [-0.3, -0.25) is 4.79 Å². The largest absolute Gasteiger partial charge is 0.345 e. The SMILES string of the molecule is Cc1cc(C(=O)N2CCN(S(=O)(=O)c3cccs3)CC2)c(C)n1C1CC1. The van der Waals surface area contributed by atoms with Gasteiger partial charge in [0.1, 0.15) is 4.21 Å². The van der Waals surface area contributed by atoms with Gasteiger partial charge in [-0.05, 0) is 44.2 Å². The number of hydrogen-bond donors (Lipinski definition) is 0. The fourth-order valence-electron chi connectivity index (χ4n) is 3.73. The Morgan fingerprint density at radius 3 is 2.42 bits per heavy atom. The maximum atomic E-state index is 13.0. The number of amides is 1. The summed E-state index contributed by atoms with van der Waals surface area (Å²) in [6, 6.07) is 5.89. The molecule has 0 bridgehead atoms. The summed E-state index contributed by atoms with van der Waals surface area (Å²) in [4.78, 5) is 14.7. The van der Waals surface area contributed by atoms with Crippen LogP contribution in [0.3, 0.4) is 0 Å². The van der Waals surface area contributed by atoms with Crippen molar-refractivity contribution < 1.29 is 13.2 Å². The smallest absolute Gasteiger partial charge is 0.255 e. The molecule has 0 N–H and O–H groups in total. The molecule has 2 aromatic rings. The standard InChI is InChI=1S/C18H23N3O3S2/c1-13-12-16(14(2)21(13)15-5-6-15)18(22)19-7-9-20(10-8-19)26(23,24)17-4-3-11-25-17/h3-4,11-12,15H,5-10H2,1-2H3. The summed E-state index contributed by atoms with van der Waals surface area (Å²) in [6.07, 6.45) is 2.37. The predicted molar refractivity (Wildman–Crippen MR) is 101 cm³/mol. The third kappa shape index (κ3) is 3.00. The molecule has 2 aromatic heterocycles. The maximum absolute atomic E-state index is 13.0. The Hall–Kier alpha value is -1.64. The van der Waals surface area contributed by atoms with E-state index in [9.17, 15) is 13.2 Å². The van der Waals surface area contributed by atoms with Crippen molar-refractivity contribution in [2.24, 2.45) is 0 Å². The van der Waals surface area contributed by atoms with Crippen LogP contribution in [0.4, 0.5) is 0 Å². The third-order valence-corrected chi connectivity index (χ3v) is 8.51. The Bertz CT molecular complexity index is 919. The van der Waals surface area contributed by atoms with Crippen LogP contribution in [0.2, 0.25) is 0 Å². The Kier molecular flexibility index (Phi) is 4.45. The number of rotatable bonds is 4. The monoisotopic (exact) mass is 393 g/mol. The zero-order valence-electron chi connectivity index (χ0n) is 15.0. The van der Waals surface area contributed by atoms with E-state index >= 15 is 0 Å². The first-order chi connectivity index (χ1) is 12.4.